The van der Waals surface area contributed by atoms with Crippen molar-refractivity contribution in [2.75, 3.05) is 0 Å². The van der Waals surface area contributed by atoms with Crippen molar-refractivity contribution in [3.05, 3.63) is 35.4 Å². The molecule has 1 rings (SSSR count). The van der Waals surface area contributed by atoms with E-state index in [1.54, 1.807) is 0 Å². The SMILES string of the molecule is CCCCCCCCCCCC(=O)OCc1cccc(C)c1. The van der Waals surface area contributed by atoms with E-state index in [4.69, 9.17) is 4.74 Å². The molecule has 0 amide bonds. The van der Waals surface area contributed by atoms with Crippen LogP contribution < -0.4 is 0 Å². The summed E-state index contributed by atoms with van der Waals surface area (Å²) in [5.41, 5.74) is 2.27. The molecule has 1 aromatic rings. The van der Waals surface area contributed by atoms with Crippen LogP contribution >= 0.6 is 0 Å². The molecule has 0 aliphatic carbocycles. The molecule has 2 nitrogen and oxygen atoms in total. The fourth-order valence-electron chi connectivity index (χ4n) is 2.62. The van der Waals surface area contributed by atoms with Crippen LogP contribution in [0.3, 0.4) is 0 Å². The smallest absolute Gasteiger partial charge is 0.306 e. The lowest BCUT2D eigenvalue weighted by Crippen LogP contribution is -2.04. The second-order valence-corrected chi connectivity index (χ2v) is 6.23. The summed E-state index contributed by atoms with van der Waals surface area (Å²) in [5, 5.41) is 0. The van der Waals surface area contributed by atoms with Crippen molar-refractivity contribution < 1.29 is 9.53 Å². The average Bonchev–Trinajstić information content (AvgIpc) is 2.51. The van der Waals surface area contributed by atoms with Gasteiger partial charge in [-0.2, -0.15) is 0 Å². The van der Waals surface area contributed by atoms with Crippen LogP contribution in [0.15, 0.2) is 24.3 Å². The number of hydrogen-bond acceptors (Lipinski definition) is 2. The second-order valence-electron chi connectivity index (χ2n) is 6.23. The van der Waals surface area contributed by atoms with Gasteiger partial charge >= 0.3 is 5.97 Å². The predicted octanol–water partition coefficient (Wildman–Crippen LogP) is 5.96. The zero-order valence-electron chi connectivity index (χ0n) is 14.4. The highest BCUT2D eigenvalue weighted by atomic mass is 16.5. The normalized spacial score (nSPS) is 10.6. The first kappa shape index (κ1) is 18.7. The fourth-order valence-corrected chi connectivity index (χ4v) is 2.62. The Morgan fingerprint density at radius 1 is 0.955 bits per heavy atom. The molecule has 0 radical (unpaired) electrons. The van der Waals surface area contributed by atoms with Gasteiger partial charge in [-0.15, -0.1) is 0 Å². The molecule has 0 unspecified atom stereocenters. The topological polar surface area (TPSA) is 26.3 Å². The summed E-state index contributed by atoms with van der Waals surface area (Å²) in [6.45, 7) is 4.70. The average molecular weight is 304 g/mol. The van der Waals surface area contributed by atoms with Crippen LogP contribution in [-0.2, 0) is 16.1 Å². The number of esters is 1. The van der Waals surface area contributed by atoms with E-state index >= 15 is 0 Å². The van der Waals surface area contributed by atoms with E-state index < -0.39 is 0 Å². The molecule has 1 aromatic carbocycles. The highest BCUT2D eigenvalue weighted by Gasteiger charge is 2.03. The third-order valence-corrected chi connectivity index (χ3v) is 3.97. The van der Waals surface area contributed by atoms with Gasteiger partial charge in [0, 0.05) is 6.42 Å². The van der Waals surface area contributed by atoms with Gasteiger partial charge in [-0.05, 0) is 18.9 Å². The Morgan fingerprint density at radius 2 is 1.59 bits per heavy atom. The number of hydrogen-bond donors (Lipinski definition) is 0. The fraction of sp³-hybridized carbons (Fsp3) is 0.650. The number of carbonyl (C=O) groups is 1. The van der Waals surface area contributed by atoms with E-state index in [9.17, 15) is 4.79 Å². The molecule has 22 heavy (non-hydrogen) atoms. The number of carbonyl (C=O) groups excluding carboxylic acids is 1. The summed E-state index contributed by atoms with van der Waals surface area (Å²) in [6, 6.07) is 8.11. The van der Waals surface area contributed by atoms with E-state index in [1.165, 1.54) is 50.5 Å². The number of unbranched alkanes of at least 4 members (excludes halogenated alkanes) is 8. The first-order valence-corrected chi connectivity index (χ1v) is 8.93. The Kier molecular flexibility index (Phi) is 10.4. The highest BCUT2D eigenvalue weighted by molar-refractivity contribution is 5.69. The maximum Gasteiger partial charge on any atom is 0.306 e. The first-order chi connectivity index (χ1) is 10.7. The molecule has 0 aromatic heterocycles. The summed E-state index contributed by atoms with van der Waals surface area (Å²) in [6.07, 6.45) is 12.0. The summed E-state index contributed by atoms with van der Waals surface area (Å²) in [4.78, 5) is 11.7. The molecule has 0 bridgehead atoms. The minimum Gasteiger partial charge on any atom is -0.461 e. The Bertz CT molecular complexity index is 412. The monoisotopic (exact) mass is 304 g/mol. The zero-order valence-corrected chi connectivity index (χ0v) is 14.4. The van der Waals surface area contributed by atoms with Crippen LogP contribution in [0.25, 0.3) is 0 Å². The molecule has 0 heterocycles. The maximum atomic E-state index is 11.7. The Hall–Kier alpha value is -1.31. The van der Waals surface area contributed by atoms with Gasteiger partial charge in [-0.3, -0.25) is 4.79 Å². The third-order valence-electron chi connectivity index (χ3n) is 3.97. The van der Waals surface area contributed by atoms with Crippen LogP contribution in [-0.4, -0.2) is 5.97 Å². The van der Waals surface area contributed by atoms with E-state index in [1.807, 2.05) is 25.1 Å². The molecule has 0 saturated heterocycles. The van der Waals surface area contributed by atoms with Crippen molar-refractivity contribution in [1.29, 1.82) is 0 Å². The first-order valence-electron chi connectivity index (χ1n) is 8.93. The van der Waals surface area contributed by atoms with Crippen LogP contribution in [0, 0.1) is 6.92 Å². The van der Waals surface area contributed by atoms with Crippen molar-refractivity contribution in [3.8, 4) is 0 Å². The predicted molar refractivity (Wildman–Crippen MR) is 92.8 cm³/mol. The van der Waals surface area contributed by atoms with E-state index in [0.29, 0.717) is 13.0 Å². The van der Waals surface area contributed by atoms with Crippen molar-refractivity contribution in [2.24, 2.45) is 0 Å². The molecule has 0 saturated carbocycles. The number of aryl methyl sites for hydroxylation is 1. The standard InChI is InChI=1S/C20H32O2/c1-3-4-5-6-7-8-9-10-11-15-20(21)22-17-19-14-12-13-18(2)16-19/h12-14,16H,3-11,15,17H2,1-2H3. The zero-order chi connectivity index (χ0) is 16.0. The van der Waals surface area contributed by atoms with Gasteiger partial charge in [0.1, 0.15) is 6.61 Å². The molecular formula is C20H32O2. The van der Waals surface area contributed by atoms with Gasteiger partial charge < -0.3 is 4.74 Å². The highest BCUT2D eigenvalue weighted by Crippen LogP contribution is 2.11. The molecule has 0 atom stereocenters. The van der Waals surface area contributed by atoms with Gasteiger partial charge in [-0.25, -0.2) is 0 Å². The summed E-state index contributed by atoms with van der Waals surface area (Å²) in [5.74, 6) is -0.0653. The largest absolute Gasteiger partial charge is 0.461 e. The number of rotatable bonds is 12. The van der Waals surface area contributed by atoms with Crippen molar-refractivity contribution in [2.45, 2.75) is 84.7 Å². The maximum absolute atomic E-state index is 11.7. The lowest BCUT2D eigenvalue weighted by molar-refractivity contribution is -0.145. The number of ether oxygens (including phenoxy) is 1. The molecule has 2 heteroatoms. The molecule has 0 fully saturated rings. The third kappa shape index (κ3) is 9.59. The van der Waals surface area contributed by atoms with Gasteiger partial charge in [0.25, 0.3) is 0 Å². The van der Waals surface area contributed by atoms with Gasteiger partial charge in [0.2, 0.25) is 0 Å². The summed E-state index contributed by atoms with van der Waals surface area (Å²) < 4.78 is 5.32. The van der Waals surface area contributed by atoms with Gasteiger partial charge in [0.15, 0.2) is 0 Å². The minimum absolute atomic E-state index is 0.0653. The quantitative estimate of drug-likeness (QED) is 0.352. The molecule has 0 spiro atoms. The van der Waals surface area contributed by atoms with E-state index in [-0.39, 0.29) is 5.97 Å². The van der Waals surface area contributed by atoms with Crippen molar-refractivity contribution >= 4 is 5.97 Å². The number of benzene rings is 1. The molecular weight excluding hydrogens is 272 g/mol. The lowest BCUT2D eigenvalue weighted by Gasteiger charge is -2.06. The molecule has 0 aliphatic heterocycles. The van der Waals surface area contributed by atoms with Crippen molar-refractivity contribution in [1.82, 2.24) is 0 Å². The van der Waals surface area contributed by atoms with Crippen LogP contribution in [0.4, 0.5) is 0 Å². The van der Waals surface area contributed by atoms with E-state index in [2.05, 4.69) is 13.0 Å². The Labute approximate surface area is 136 Å². The van der Waals surface area contributed by atoms with Gasteiger partial charge in [-0.1, -0.05) is 88.1 Å². The summed E-state index contributed by atoms with van der Waals surface area (Å²) >= 11 is 0. The second kappa shape index (κ2) is 12.3. The lowest BCUT2D eigenvalue weighted by atomic mass is 10.1. The van der Waals surface area contributed by atoms with Crippen LogP contribution in [0.5, 0.6) is 0 Å². The van der Waals surface area contributed by atoms with E-state index in [0.717, 1.165) is 18.4 Å². The Morgan fingerprint density at radius 3 is 2.23 bits per heavy atom. The molecule has 124 valence electrons. The minimum atomic E-state index is -0.0653. The molecule has 0 aliphatic rings. The Balaban J connectivity index is 1.95. The van der Waals surface area contributed by atoms with Gasteiger partial charge in [0.05, 0.1) is 0 Å². The molecule has 0 N–H and O–H groups in total. The van der Waals surface area contributed by atoms with Crippen molar-refractivity contribution in [3.63, 3.8) is 0 Å². The van der Waals surface area contributed by atoms with Crippen LogP contribution in [0.1, 0.15) is 82.3 Å². The summed E-state index contributed by atoms with van der Waals surface area (Å²) in [7, 11) is 0. The van der Waals surface area contributed by atoms with Crippen LogP contribution in [0.2, 0.25) is 0 Å².